The Bertz CT molecular complexity index is 868. The Hall–Kier alpha value is -1.90. The lowest BCUT2D eigenvalue weighted by molar-refractivity contribution is 0.0933. The first-order valence-corrected chi connectivity index (χ1v) is 11.1. The maximum Gasteiger partial charge on any atom is 0.255 e. The first-order valence-electron chi connectivity index (χ1n) is 9.58. The van der Waals surface area contributed by atoms with Gasteiger partial charge in [-0.25, -0.2) is 13.6 Å². The van der Waals surface area contributed by atoms with Crippen LogP contribution in [0.5, 0.6) is 5.75 Å². The van der Waals surface area contributed by atoms with E-state index in [1.54, 1.807) is 0 Å². The molecule has 1 heterocycles. The van der Waals surface area contributed by atoms with Gasteiger partial charge in [-0.15, -0.1) is 0 Å². The van der Waals surface area contributed by atoms with Gasteiger partial charge in [-0.05, 0) is 49.8 Å². The van der Waals surface area contributed by atoms with Crippen LogP contribution in [0.3, 0.4) is 0 Å². The lowest BCUT2D eigenvalue weighted by Gasteiger charge is -2.28. The summed E-state index contributed by atoms with van der Waals surface area (Å²) in [6, 6.07) is 4.31. The molecule has 2 aliphatic rings. The normalized spacial score (nSPS) is 24.8. The Kier molecular flexibility index (Phi) is 6.12. The van der Waals surface area contributed by atoms with E-state index in [9.17, 15) is 13.2 Å². The van der Waals surface area contributed by atoms with Gasteiger partial charge in [0.2, 0.25) is 10.0 Å². The highest BCUT2D eigenvalue weighted by atomic mass is 32.2. The van der Waals surface area contributed by atoms with Gasteiger partial charge in [0.1, 0.15) is 5.75 Å². The fraction of sp³-hybridized carbons (Fsp3) is 0.550. The van der Waals surface area contributed by atoms with Crippen LogP contribution < -0.4 is 15.2 Å². The SMILES string of the molecule is C=C(C)CN1CC2CCCC2C1CNC(=O)c1cc(S(N)(=O)=O)ccc1OC. The third-order valence-electron chi connectivity index (χ3n) is 5.84. The molecule has 0 spiro atoms. The number of methoxy groups -OCH3 is 1. The van der Waals surface area contributed by atoms with Crippen molar-refractivity contribution in [3.8, 4) is 5.75 Å². The number of ether oxygens (including phenoxy) is 1. The number of likely N-dealkylation sites (tertiary alicyclic amines) is 1. The molecule has 3 unspecified atom stereocenters. The van der Waals surface area contributed by atoms with Crippen molar-refractivity contribution in [1.82, 2.24) is 10.2 Å². The Labute approximate surface area is 167 Å². The number of carbonyl (C=O) groups excluding carboxylic acids is 1. The van der Waals surface area contributed by atoms with Crippen molar-refractivity contribution in [1.29, 1.82) is 0 Å². The quantitative estimate of drug-likeness (QED) is 0.671. The molecule has 3 rings (SSSR count). The van der Waals surface area contributed by atoms with E-state index in [1.807, 2.05) is 6.92 Å². The minimum absolute atomic E-state index is 0.112. The molecule has 154 valence electrons. The second-order valence-electron chi connectivity index (χ2n) is 7.93. The highest BCUT2D eigenvalue weighted by Gasteiger charge is 2.43. The van der Waals surface area contributed by atoms with Gasteiger partial charge in [-0.2, -0.15) is 0 Å². The molecule has 7 nitrogen and oxygen atoms in total. The van der Waals surface area contributed by atoms with Crippen LogP contribution in [0.4, 0.5) is 0 Å². The molecule has 1 aromatic carbocycles. The minimum Gasteiger partial charge on any atom is -0.496 e. The minimum atomic E-state index is -3.90. The van der Waals surface area contributed by atoms with E-state index in [2.05, 4.69) is 16.8 Å². The average molecular weight is 408 g/mol. The lowest BCUT2D eigenvalue weighted by atomic mass is 9.94. The number of benzene rings is 1. The molecule has 1 aromatic rings. The second-order valence-corrected chi connectivity index (χ2v) is 9.49. The van der Waals surface area contributed by atoms with Gasteiger partial charge in [0.05, 0.1) is 17.6 Å². The van der Waals surface area contributed by atoms with Crippen molar-refractivity contribution in [3.05, 3.63) is 35.9 Å². The number of nitrogens with two attached hydrogens (primary N) is 1. The number of amides is 1. The van der Waals surface area contributed by atoms with E-state index in [0.29, 0.717) is 24.1 Å². The zero-order valence-corrected chi connectivity index (χ0v) is 17.3. The number of rotatable bonds is 7. The maximum absolute atomic E-state index is 12.8. The van der Waals surface area contributed by atoms with Gasteiger partial charge in [-0.3, -0.25) is 9.69 Å². The summed E-state index contributed by atoms with van der Waals surface area (Å²) in [7, 11) is -2.46. The Balaban J connectivity index is 1.76. The van der Waals surface area contributed by atoms with Crippen molar-refractivity contribution in [2.24, 2.45) is 17.0 Å². The van der Waals surface area contributed by atoms with Gasteiger partial charge in [0.25, 0.3) is 5.91 Å². The third kappa shape index (κ3) is 4.39. The zero-order valence-electron chi connectivity index (χ0n) is 16.5. The van der Waals surface area contributed by atoms with Crippen LogP contribution in [0, 0.1) is 11.8 Å². The lowest BCUT2D eigenvalue weighted by Crippen LogP contribution is -2.43. The molecule has 0 bridgehead atoms. The molecular formula is C20H29N3O4S. The van der Waals surface area contributed by atoms with Crippen molar-refractivity contribution < 1.29 is 17.9 Å². The van der Waals surface area contributed by atoms with Crippen LogP contribution in [-0.2, 0) is 10.0 Å². The van der Waals surface area contributed by atoms with Crippen LogP contribution in [-0.4, -0.2) is 52.0 Å². The Morgan fingerprint density at radius 2 is 2.14 bits per heavy atom. The Morgan fingerprint density at radius 3 is 2.79 bits per heavy atom. The summed E-state index contributed by atoms with van der Waals surface area (Å²) in [6.07, 6.45) is 3.67. The molecule has 2 fully saturated rings. The van der Waals surface area contributed by atoms with E-state index < -0.39 is 10.0 Å². The average Bonchev–Trinajstić information content (AvgIpc) is 3.19. The fourth-order valence-electron chi connectivity index (χ4n) is 4.65. The summed E-state index contributed by atoms with van der Waals surface area (Å²) in [5.74, 6) is 1.21. The number of primary sulfonamides is 1. The van der Waals surface area contributed by atoms with E-state index in [4.69, 9.17) is 9.88 Å². The molecule has 1 aliphatic carbocycles. The van der Waals surface area contributed by atoms with Crippen molar-refractivity contribution in [2.45, 2.75) is 37.1 Å². The fourth-order valence-corrected chi connectivity index (χ4v) is 5.19. The van der Waals surface area contributed by atoms with E-state index in [-0.39, 0.29) is 22.4 Å². The highest BCUT2D eigenvalue weighted by molar-refractivity contribution is 7.89. The Morgan fingerprint density at radius 1 is 1.39 bits per heavy atom. The van der Waals surface area contributed by atoms with Crippen LogP contribution in [0.25, 0.3) is 0 Å². The summed E-state index contributed by atoms with van der Waals surface area (Å²) in [5.41, 5.74) is 1.28. The molecule has 1 aliphatic heterocycles. The number of hydrogen-bond donors (Lipinski definition) is 2. The number of nitrogens with one attached hydrogen (secondary N) is 1. The zero-order chi connectivity index (χ0) is 20.5. The first kappa shape index (κ1) is 20.8. The van der Waals surface area contributed by atoms with Crippen molar-refractivity contribution in [2.75, 3.05) is 26.7 Å². The van der Waals surface area contributed by atoms with Gasteiger partial charge in [-0.1, -0.05) is 18.6 Å². The van der Waals surface area contributed by atoms with E-state index in [1.165, 1.54) is 44.6 Å². The predicted octanol–water partition coefficient (Wildman–Crippen LogP) is 1.75. The summed E-state index contributed by atoms with van der Waals surface area (Å²) < 4.78 is 28.5. The number of carbonyl (C=O) groups is 1. The predicted molar refractivity (Wildman–Crippen MR) is 108 cm³/mol. The largest absolute Gasteiger partial charge is 0.496 e. The van der Waals surface area contributed by atoms with Gasteiger partial charge >= 0.3 is 0 Å². The molecule has 8 heteroatoms. The second kappa shape index (κ2) is 8.23. The van der Waals surface area contributed by atoms with Crippen molar-refractivity contribution >= 4 is 15.9 Å². The van der Waals surface area contributed by atoms with Crippen LogP contribution in [0.2, 0.25) is 0 Å². The molecule has 3 atom stereocenters. The summed E-state index contributed by atoms with van der Waals surface area (Å²) >= 11 is 0. The standard InChI is InChI=1S/C20H29N3O4S/c1-13(2)11-23-12-14-5-4-6-16(14)18(23)10-22-20(24)17-9-15(28(21,25)26)7-8-19(17)27-3/h7-9,14,16,18H,1,4-6,10-12H2,2-3H3,(H,22,24)(H2,21,25,26). The molecule has 1 saturated carbocycles. The number of sulfonamides is 1. The number of nitrogens with zero attached hydrogens (tertiary/aromatic N) is 1. The molecule has 3 N–H and O–H groups in total. The topological polar surface area (TPSA) is 102 Å². The summed E-state index contributed by atoms with van der Waals surface area (Å²) in [4.78, 5) is 15.1. The molecule has 1 amide bonds. The monoisotopic (exact) mass is 407 g/mol. The summed E-state index contributed by atoms with van der Waals surface area (Å²) in [5, 5.41) is 8.18. The maximum atomic E-state index is 12.8. The van der Waals surface area contributed by atoms with Gasteiger partial charge < -0.3 is 10.1 Å². The third-order valence-corrected chi connectivity index (χ3v) is 6.75. The molecular weight excluding hydrogens is 378 g/mol. The van der Waals surface area contributed by atoms with Crippen LogP contribution in [0.15, 0.2) is 35.2 Å². The first-order chi connectivity index (χ1) is 13.2. The number of fused-ring (bicyclic) bond motifs is 1. The molecule has 0 aromatic heterocycles. The molecule has 0 radical (unpaired) electrons. The smallest absolute Gasteiger partial charge is 0.255 e. The van der Waals surface area contributed by atoms with Gasteiger partial charge in [0.15, 0.2) is 0 Å². The number of hydrogen-bond acceptors (Lipinski definition) is 5. The highest BCUT2D eigenvalue weighted by Crippen LogP contribution is 2.42. The van der Waals surface area contributed by atoms with E-state index >= 15 is 0 Å². The van der Waals surface area contributed by atoms with E-state index in [0.717, 1.165) is 18.7 Å². The van der Waals surface area contributed by atoms with Crippen LogP contribution >= 0.6 is 0 Å². The molecule has 28 heavy (non-hydrogen) atoms. The van der Waals surface area contributed by atoms with Crippen LogP contribution in [0.1, 0.15) is 36.5 Å². The summed E-state index contributed by atoms with van der Waals surface area (Å²) in [6.45, 7) is 8.44. The van der Waals surface area contributed by atoms with Gasteiger partial charge in [0, 0.05) is 25.7 Å². The molecule has 1 saturated heterocycles. The van der Waals surface area contributed by atoms with Crippen molar-refractivity contribution in [3.63, 3.8) is 0 Å².